The minimum Gasteiger partial charge on any atom is -0.396 e. The maximum absolute atomic E-state index is 6.07. The fourth-order valence-corrected chi connectivity index (χ4v) is 2.74. The van der Waals surface area contributed by atoms with Gasteiger partial charge >= 0.3 is 0 Å². The number of rotatable bonds is 2. The molecule has 0 bridgehead atoms. The van der Waals surface area contributed by atoms with Crippen molar-refractivity contribution in [2.24, 2.45) is 0 Å². The summed E-state index contributed by atoms with van der Waals surface area (Å²) in [6, 6.07) is 8.29. The van der Waals surface area contributed by atoms with Gasteiger partial charge in [-0.2, -0.15) is 0 Å². The van der Waals surface area contributed by atoms with E-state index in [1.165, 1.54) is 5.56 Å². The Morgan fingerprint density at radius 2 is 2.05 bits per heavy atom. The Kier molecular flexibility index (Phi) is 3.25. The van der Waals surface area contributed by atoms with Crippen molar-refractivity contribution in [3.8, 4) is 0 Å². The number of nitrogens with two attached hydrogens (primary N) is 1. The highest BCUT2D eigenvalue weighted by atomic mass is 35.5. The second kappa shape index (κ2) is 5.05. The third-order valence-corrected chi connectivity index (χ3v) is 3.64. The van der Waals surface area contributed by atoms with Crippen LogP contribution in [0.15, 0.2) is 36.7 Å². The molecule has 19 heavy (non-hydrogen) atoms. The van der Waals surface area contributed by atoms with Crippen molar-refractivity contribution in [3.63, 3.8) is 0 Å². The average molecular weight is 275 g/mol. The maximum Gasteiger partial charge on any atom is 0.225 e. The van der Waals surface area contributed by atoms with Gasteiger partial charge in [0.05, 0.1) is 24.1 Å². The van der Waals surface area contributed by atoms with Crippen LogP contribution < -0.4 is 10.6 Å². The molecular weight excluding hydrogens is 260 g/mol. The van der Waals surface area contributed by atoms with Gasteiger partial charge in [0.2, 0.25) is 5.95 Å². The van der Waals surface area contributed by atoms with E-state index in [2.05, 4.69) is 20.9 Å². The summed E-state index contributed by atoms with van der Waals surface area (Å²) in [5, 5.41) is 0.766. The summed E-state index contributed by atoms with van der Waals surface area (Å²) in [4.78, 5) is 10.8. The van der Waals surface area contributed by atoms with E-state index in [0.717, 1.165) is 30.4 Å². The van der Waals surface area contributed by atoms with Gasteiger partial charge in [0.15, 0.2) is 0 Å². The second-order valence-electron chi connectivity index (χ2n) is 4.72. The first-order valence-corrected chi connectivity index (χ1v) is 6.71. The zero-order valence-corrected chi connectivity index (χ0v) is 11.2. The van der Waals surface area contributed by atoms with Crippen LogP contribution in [0, 0.1) is 0 Å². The van der Waals surface area contributed by atoms with Crippen LogP contribution in [0.1, 0.15) is 24.4 Å². The number of halogens is 1. The quantitative estimate of drug-likeness (QED) is 0.914. The van der Waals surface area contributed by atoms with Gasteiger partial charge in [-0.25, -0.2) is 9.97 Å². The summed E-state index contributed by atoms with van der Waals surface area (Å²) >= 11 is 6.07. The Morgan fingerprint density at radius 3 is 2.79 bits per heavy atom. The zero-order chi connectivity index (χ0) is 13.2. The highest BCUT2D eigenvalue weighted by Crippen LogP contribution is 2.35. The molecule has 3 rings (SSSR count). The molecule has 98 valence electrons. The van der Waals surface area contributed by atoms with E-state index in [1.54, 1.807) is 12.4 Å². The third-order valence-electron chi connectivity index (χ3n) is 3.40. The lowest BCUT2D eigenvalue weighted by atomic mass is 10.1. The van der Waals surface area contributed by atoms with Crippen molar-refractivity contribution >= 4 is 23.2 Å². The van der Waals surface area contributed by atoms with E-state index in [0.29, 0.717) is 11.7 Å². The van der Waals surface area contributed by atoms with Crippen LogP contribution in [0.5, 0.6) is 0 Å². The number of anilines is 2. The minimum absolute atomic E-state index is 0.294. The lowest BCUT2D eigenvalue weighted by Crippen LogP contribution is -2.24. The van der Waals surface area contributed by atoms with Gasteiger partial charge in [-0.3, -0.25) is 0 Å². The van der Waals surface area contributed by atoms with Gasteiger partial charge in [-0.05, 0) is 30.5 Å². The first-order valence-electron chi connectivity index (χ1n) is 6.33. The van der Waals surface area contributed by atoms with Crippen molar-refractivity contribution in [2.75, 3.05) is 17.2 Å². The largest absolute Gasteiger partial charge is 0.396 e. The molecule has 1 aromatic heterocycles. The SMILES string of the molecule is Nc1cnc(N2CCCC2c2cccc(Cl)c2)nc1. The van der Waals surface area contributed by atoms with E-state index < -0.39 is 0 Å². The monoisotopic (exact) mass is 274 g/mol. The topological polar surface area (TPSA) is 55.0 Å². The molecule has 0 aliphatic carbocycles. The van der Waals surface area contributed by atoms with Crippen molar-refractivity contribution in [1.82, 2.24) is 9.97 Å². The molecule has 5 heteroatoms. The van der Waals surface area contributed by atoms with Gasteiger partial charge < -0.3 is 10.6 Å². The molecule has 1 atom stereocenters. The summed E-state index contributed by atoms with van der Waals surface area (Å²) in [7, 11) is 0. The number of aromatic nitrogens is 2. The summed E-state index contributed by atoms with van der Waals surface area (Å²) in [6.07, 6.45) is 5.52. The Bertz CT molecular complexity index is 570. The van der Waals surface area contributed by atoms with E-state index in [-0.39, 0.29) is 0 Å². The molecule has 1 unspecified atom stereocenters. The predicted octanol–water partition coefficient (Wildman–Crippen LogP) is 3.05. The Hall–Kier alpha value is -1.81. The molecule has 1 fully saturated rings. The molecule has 4 nitrogen and oxygen atoms in total. The Labute approximate surface area is 117 Å². The van der Waals surface area contributed by atoms with Gasteiger partial charge in [-0.15, -0.1) is 0 Å². The van der Waals surface area contributed by atoms with Crippen LogP contribution >= 0.6 is 11.6 Å². The molecular formula is C14H15ClN4. The van der Waals surface area contributed by atoms with Crippen molar-refractivity contribution < 1.29 is 0 Å². The first kappa shape index (κ1) is 12.2. The van der Waals surface area contributed by atoms with E-state index in [9.17, 15) is 0 Å². The number of benzene rings is 1. The van der Waals surface area contributed by atoms with Gasteiger partial charge in [-0.1, -0.05) is 23.7 Å². The standard InChI is InChI=1S/C14H15ClN4/c15-11-4-1-3-10(7-11)13-5-2-6-19(13)14-17-8-12(16)9-18-14/h1,3-4,7-9,13H,2,5-6,16H2. The minimum atomic E-state index is 0.294. The number of hydrogen-bond acceptors (Lipinski definition) is 4. The zero-order valence-electron chi connectivity index (χ0n) is 10.5. The number of nitrogens with zero attached hydrogens (tertiary/aromatic N) is 3. The smallest absolute Gasteiger partial charge is 0.225 e. The van der Waals surface area contributed by atoms with Gasteiger partial charge in [0, 0.05) is 11.6 Å². The van der Waals surface area contributed by atoms with Crippen LogP contribution in [0.3, 0.4) is 0 Å². The van der Waals surface area contributed by atoms with Crippen LogP contribution in [0.4, 0.5) is 11.6 Å². The molecule has 1 aromatic carbocycles. The number of hydrogen-bond donors (Lipinski definition) is 1. The normalized spacial score (nSPS) is 18.8. The third kappa shape index (κ3) is 2.49. The molecule has 1 aliphatic rings. The van der Waals surface area contributed by atoms with Crippen molar-refractivity contribution in [1.29, 1.82) is 0 Å². The molecule has 2 N–H and O–H groups in total. The molecule has 0 spiro atoms. The maximum atomic E-state index is 6.07. The first-order chi connectivity index (χ1) is 9.24. The Balaban J connectivity index is 1.91. The fraction of sp³-hybridized carbons (Fsp3) is 0.286. The van der Waals surface area contributed by atoms with Crippen LogP contribution in [-0.2, 0) is 0 Å². The van der Waals surface area contributed by atoms with Gasteiger partial charge in [0.25, 0.3) is 0 Å². The predicted molar refractivity (Wildman–Crippen MR) is 77.2 cm³/mol. The average Bonchev–Trinajstić information content (AvgIpc) is 2.89. The summed E-state index contributed by atoms with van der Waals surface area (Å²) in [6.45, 7) is 0.959. The van der Waals surface area contributed by atoms with Crippen LogP contribution in [0.2, 0.25) is 5.02 Å². The van der Waals surface area contributed by atoms with E-state index in [4.69, 9.17) is 17.3 Å². The lowest BCUT2D eigenvalue weighted by Gasteiger charge is -2.25. The molecule has 0 amide bonds. The van der Waals surface area contributed by atoms with Gasteiger partial charge in [0.1, 0.15) is 0 Å². The summed E-state index contributed by atoms with van der Waals surface area (Å²) < 4.78 is 0. The van der Waals surface area contributed by atoms with Crippen molar-refractivity contribution in [2.45, 2.75) is 18.9 Å². The lowest BCUT2D eigenvalue weighted by molar-refractivity contribution is 0.702. The Morgan fingerprint density at radius 1 is 1.26 bits per heavy atom. The second-order valence-corrected chi connectivity index (χ2v) is 5.16. The molecule has 0 radical (unpaired) electrons. The van der Waals surface area contributed by atoms with E-state index >= 15 is 0 Å². The molecule has 2 aromatic rings. The number of nitrogen functional groups attached to an aromatic ring is 1. The summed E-state index contributed by atoms with van der Waals surface area (Å²) in [5.74, 6) is 0.733. The molecule has 1 saturated heterocycles. The van der Waals surface area contributed by atoms with E-state index in [1.807, 2.05) is 18.2 Å². The summed E-state index contributed by atoms with van der Waals surface area (Å²) in [5.41, 5.74) is 7.43. The highest BCUT2D eigenvalue weighted by Gasteiger charge is 2.27. The molecule has 1 aliphatic heterocycles. The molecule has 2 heterocycles. The highest BCUT2D eigenvalue weighted by molar-refractivity contribution is 6.30. The van der Waals surface area contributed by atoms with Crippen molar-refractivity contribution in [3.05, 3.63) is 47.2 Å². The van der Waals surface area contributed by atoms with Crippen LogP contribution in [-0.4, -0.2) is 16.5 Å². The fourth-order valence-electron chi connectivity index (χ4n) is 2.55. The van der Waals surface area contributed by atoms with Crippen LogP contribution in [0.25, 0.3) is 0 Å². The molecule has 0 saturated carbocycles.